The molecule has 278 valence electrons. The fourth-order valence-electron chi connectivity index (χ4n) is 5.59. The van der Waals surface area contributed by atoms with Crippen molar-refractivity contribution in [3.63, 3.8) is 0 Å². The topological polar surface area (TPSA) is 144 Å². The Morgan fingerprint density at radius 1 is 0.426 bits per heavy atom. The standard InChI is InChI=1S/C40H36N2O8S4/c1-47-25-11-15-29(51-21-23-9-5-7-19-41-23)37(43)33(25)35-27(49-3)13-17-31(39(35)45)53-54-32-18-14-28(50-4)36(40(32)46)34-26(48-2)12-16-30(38(34)44)52-22-24-10-6-8-20-42-24/h5-20,43-46H,21-22H2,1-4H3. The highest BCUT2D eigenvalue weighted by molar-refractivity contribution is 8.76. The van der Waals surface area contributed by atoms with Gasteiger partial charge < -0.3 is 39.4 Å². The molecule has 0 spiro atoms. The van der Waals surface area contributed by atoms with Crippen LogP contribution in [-0.4, -0.2) is 58.8 Å². The van der Waals surface area contributed by atoms with Crippen LogP contribution in [0.15, 0.2) is 117 Å². The number of phenols is 4. The second kappa shape index (κ2) is 17.9. The number of ether oxygens (including phenoxy) is 4. The number of nitrogens with zero attached hydrogens (tertiary/aromatic N) is 2. The van der Waals surface area contributed by atoms with Crippen molar-refractivity contribution < 1.29 is 39.4 Å². The summed E-state index contributed by atoms with van der Waals surface area (Å²) in [5.41, 5.74) is 2.72. The lowest BCUT2D eigenvalue weighted by Gasteiger charge is -2.20. The molecule has 0 amide bonds. The lowest BCUT2D eigenvalue weighted by Crippen LogP contribution is -1.95. The van der Waals surface area contributed by atoms with Gasteiger partial charge in [-0.3, -0.25) is 9.97 Å². The van der Waals surface area contributed by atoms with Crippen molar-refractivity contribution in [2.45, 2.75) is 31.1 Å². The Hall–Kier alpha value is -5.02. The van der Waals surface area contributed by atoms with Crippen LogP contribution in [0.1, 0.15) is 11.4 Å². The smallest absolute Gasteiger partial charge is 0.141 e. The fourth-order valence-corrected chi connectivity index (χ4v) is 9.48. The van der Waals surface area contributed by atoms with Gasteiger partial charge in [0.1, 0.15) is 46.0 Å². The van der Waals surface area contributed by atoms with E-state index in [1.54, 1.807) is 60.9 Å². The van der Waals surface area contributed by atoms with E-state index in [2.05, 4.69) is 9.97 Å². The Bertz CT molecular complexity index is 2090. The number of hydrogen-bond acceptors (Lipinski definition) is 14. The highest BCUT2D eigenvalue weighted by Gasteiger charge is 2.27. The Kier molecular flexibility index (Phi) is 12.8. The maximum absolute atomic E-state index is 11.8. The third-order valence-electron chi connectivity index (χ3n) is 8.21. The van der Waals surface area contributed by atoms with Gasteiger partial charge in [-0.1, -0.05) is 12.1 Å². The van der Waals surface area contributed by atoms with E-state index in [9.17, 15) is 20.4 Å². The van der Waals surface area contributed by atoms with Crippen LogP contribution in [0.5, 0.6) is 46.0 Å². The van der Waals surface area contributed by atoms with Gasteiger partial charge >= 0.3 is 0 Å². The number of methoxy groups -OCH3 is 4. The summed E-state index contributed by atoms with van der Waals surface area (Å²) in [4.78, 5) is 10.7. The molecular weight excluding hydrogens is 765 g/mol. The number of phenolic OH excluding ortho intramolecular Hbond substituents is 4. The molecule has 4 aromatic carbocycles. The van der Waals surface area contributed by atoms with Crippen LogP contribution in [0.3, 0.4) is 0 Å². The van der Waals surface area contributed by atoms with Crippen LogP contribution >= 0.6 is 45.1 Å². The molecule has 2 heterocycles. The molecule has 14 heteroatoms. The first-order chi connectivity index (χ1) is 26.3. The third kappa shape index (κ3) is 8.21. The van der Waals surface area contributed by atoms with E-state index in [0.29, 0.717) is 54.1 Å². The van der Waals surface area contributed by atoms with Gasteiger partial charge in [0, 0.05) is 23.9 Å². The van der Waals surface area contributed by atoms with E-state index in [-0.39, 0.29) is 45.3 Å². The van der Waals surface area contributed by atoms with Crippen molar-refractivity contribution in [3.8, 4) is 68.2 Å². The van der Waals surface area contributed by atoms with Gasteiger partial charge in [0.25, 0.3) is 0 Å². The summed E-state index contributed by atoms with van der Waals surface area (Å²) in [6, 6.07) is 25.1. The highest BCUT2D eigenvalue weighted by atomic mass is 33.1. The molecule has 10 nitrogen and oxygen atoms in total. The Balaban J connectivity index is 1.34. The maximum Gasteiger partial charge on any atom is 0.141 e. The lowest BCUT2D eigenvalue weighted by atomic mass is 10.0. The number of rotatable bonds is 15. The van der Waals surface area contributed by atoms with Gasteiger partial charge in [0.05, 0.1) is 81.7 Å². The molecule has 0 aliphatic rings. The molecule has 0 radical (unpaired) electrons. The minimum Gasteiger partial charge on any atom is -0.506 e. The summed E-state index contributed by atoms with van der Waals surface area (Å²) < 4.78 is 22.6. The number of aromatic nitrogens is 2. The Labute approximate surface area is 329 Å². The number of thioether (sulfide) groups is 2. The summed E-state index contributed by atoms with van der Waals surface area (Å²) in [6.07, 6.45) is 3.44. The molecule has 4 N–H and O–H groups in total. The SMILES string of the molecule is COc1ccc(SCc2ccccn2)c(O)c1-c1c(OC)ccc(SSc2ccc(OC)c(-c3c(OC)ccc(SCc4ccccn4)c3O)c2O)c1O. The normalized spacial score (nSPS) is 11.0. The molecular formula is C40H36N2O8S4. The first kappa shape index (κ1) is 38.7. The fraction of sp³-hybridized carbons (Fsp3) is 0.150. The van der Waals surface area contributed by atoms with Crippen LogP contribution < -0.4 is 18.9 Å². The largest absolute Gasteiger partial charge is 0.506 e. The van der Waals surface area contributed by atoms with Gasteiger partial charge in [-0.25, -0.2) is 0 Å². The molecule has 54 heavy (non-hydrogen) atoms. The highest BCUT2D eigenvalue weighted by Crippen LogP contribution is 2.57. The van der Waals surface area contributed by atoms with Gasteiger partial charge in [-0.05, 0) is 94.4 Å². The van der Waals surface area contributed by atoms with E-state index >= 15 is 0 Å². The average Bonchev–Trinajstić information content (AvgIpc) is 3.20. The molecule has 0 aliphatic heterocycles. The third-order valence-corrected chi connectivity index (χ3v) is 12.8. The van der Waals surface area contributed by atoms with Crippen molar-refractivity contribution in [1.82, 2.24) is 9.97 Å². The van der Waals surface area contributed by atoms with Crippen LogP contribution in [-0.2, 0) is 11.5 Å². The molecule has 6 rings (SSSR count). The van der Waals surface area contributed by atoms with E-state index in [0.717, 1.165) is 11.4 Å². The second-order valence-corrected chi connectivity index (χ2v) is 15.6. The number of benzene rings is 4. The molecule has 0 bridgehead atoms. The summed E-state index contributed by atoms with van der Waals surface area (Å²) >= 11 is 2.80. The lowest BCUT2D eigenvalue weighted by molar-refractivity contribution is 0.397. The van der Waals surface area contributed by atoms with Gasteiger partial charge in [-0.15, -0.1) is 23.5 Å². The zero-order valence-electron chi connectivity index (χ0n) is 29.6. The minimum atomic E-state index is -0.155. The number of pyridine rings is 2. The zero-order chi connectivity index (χ0) is 38.2. The van der Waals surface area contributed by atoms with E-state index in [1.165, 1.54) is 73.6 Å². The summed E-state index contributed by atoms with van der Waals surface area (Å²) in [5.74, 6) is 1.88. The first-order valence-corrected chi connectivity index (χ1v) is 20.4. The van der Waals surface area contributed by atoms with Gasteiger partial charge in [0.15, 0.2) is 0 Å². The second-order valence-electron chi connectivity index (χ2n) is 11.3. The van der Waals surface area contributed by atoms with Crippen molar-refractivity contribution in [1.29, 1.82) is 0 Å². The van der Waals surface area contributed by atoms with E-state index in [1.807, 2.05) is 36.4 Å². The molecule has 0 aliphatic carbocycles. The summed E-state index contributed by atoms with van der Waals surface area (Å²) in [7, 11) is 8.31. The number of aromatic hydroxyl groups is 4. The predicted molar refractivity (Wildman–Crippen MR) is 216 cm³/mol. The molecule has 6 aromatic rings. The van der Waals surface area contributed by atoms with E-state index < -0.39 is 0 Å². The summed E-state index contributed by atoms with van der Waals surface area (Å²) in [6.45, 7) is 0. The molecule has 2 aromatic heterocycles. The van der Waals surface area contributed by atoms with Crippen LogP contribution in [0.2, 0.25) is 0 Å². The van der Waals surface area contributed by atoms with Crippen molar-refractivity contribution >= 4 is 45.1 Å². The minimum absolute atomic E-state index is 0.0784. The van der Waals surface area contributed by atoms with Gasteiger partial charge in [0.2, 0.25) is 0 Å². The van der Waals surface area contributed by atoms with Crippen LogP contribution in [0.25, 0.3) is 22.3 Å². The Morgan fingerprint density at radius 3 is 1.04 bits per heavy atom. The molecule has 0 saturated carbocycles. The first-order valence-electron chi connectivity index (χ1n) is 16.3. The molecule has 0 saturated heterocycles. The van der Waals surface area contributed by atoms with Crippen molar-refractivity contribution in [2.24, 2.45) is 0 Å². The average molecular weight is 801 g/mol. The van der Waals surface area contributed by atoms with Crippen LogP contribution in [0, 0.1) is 0 Å². The quantitative estimate of drug-likeness (QED) is 0.0578. The van der Waals surface area contributed by atoms with E-state index in [4.69, 9.17) is 18.9 Å². The predicted octanol–water partition coefficient (Wildman–Crippen LogP) is 10.1. The summed E-state index contributed by atoms with van der Waals surface area (Å²) in [5, 5.41) is 46.8. The molecule has 0 unspecified atom stereocenters. The van der Waals surface area contributed by atoms with Crippen molar-refractivity contribution in [3.05, 3.63) is 109 Å². The zero-order valence-corrected chi connectivity index (χ0v) is 32.9. The van der Waals surface area contributed by atoms with Gasteiger partial charge in [-0.2, -0.15) is 0 Å². The maximum atomic E-state index is 11.8. The van der Waals surface area contributed by atoms with Crippen molar-refractivity contribution in [2.75, 3.05) is 28.4 Å². The monoisotopic (exact) mass is 800 g/mol. The number of hydrogen-bond donors (Lipinski definition) is 4. The Morgan fingerprint density at radius 2 is 0.741 bits per heavy atom. The van der Waals surface area contributed by atoms with Crippen LogP contribution in [0.4, 0.5) is 0 Å². The molecule has 0 atom stereocenters. The molecule has 0 fully saturated rings.